The first-order valence-electron chi connectivity index (χ1n) is 9.23. The molecule has 0 fully saturated rings. The highest BCUT2D eigenvalue weighted by Crippen LogP contribution is 2.19. The van der Waals surface area contributed by atoms with Gasteiger partial charge >= 0.3 is 5.97 Å². The molecule has 0 aliphatic carbocycles. The van der Waals surface area contributed by atoms with Crippen LogP contribution in [0.2, 0.25) is 0 Å². The number of ketones is 1. The molecule has 0 atom stereocenters. The molecule has 0 aliphatic heterocycles. The number of carbonyl (C=O) groups excluding carboxylic acids is 2. The van der Waals surface area contributed by atoms with Gasteiger partial charge in [0.1, 0.15) is 11.3 Å². The van der Waals surface area contributed by atoms with Crippen molar-refractivity contribution in [2.24, 2.45) is 0 Å². The van der Waals surface area contributed by atoms with E-state index in [9.17, 15) is 18.0 Å². The number of Topliss-reactive ketones (excluding diaryl/α,β-unsaturated/α-hetero) is 1. The van der Waals surface area contributed by atoms with Crippen LogP contribution in [0.4, 0.5) is 0 Å². The molecule has 0 spiro atoms. The van der Waals surface area contributed by atoms with Gasteiger partial charge in [0.05, 0.1) is 23.3 Å². The van der Waals surface area contributed by atoms with Crippen molar-refractivity contribution < 1.29 is 31.6 Å². The Morgan fingerprint density at radius 2 is 1.74 bits per heavy atom. The highest BCUT2D eigenvalue weighted by molar-refractivity contribution is 7.89. The number of furan rings is 2. The summed E-state index contributed by atoms with van der Waals surface area (Å²) in [5.41, 5.74) is 0.678. The summed E-state index contributed by atoms with van der Waals surface area (Å²) in [7, 11) is -3.78. The van der Waals surface area contributed by atoms with E-state index in [1.165, 1.54) is 30.5 Å². The van der Waals surface area contributed by atoms with Crippen LogP contribution in [0.3, 0.4) is 0 Å². The van der Waals surface area contributed by atoms with Gasteiger partial charge in [-0.3, -0.25) is 4.79 Å². The fraction of sp³-hybridized carbons (Fsp3) is 0.0909. The van der Waals surface area contributed by atoms with Gasteiger partial charge in [0.2, 0.25) is 15.8 Å². The maximum Gasteiger partial charge on any atom is 0.338 e. The molecule has 0 saturated carbocycles. The first kappa shape index (κ1) is 20.6. The predicted molar refractivity (Wildman–Crippen MR) is 110 cm³/mol. The van der Waals surface area contributed by atoms with Crippen molar-refractivity contribution in [1.82, 2.24) is 4.72 Å². The van der Waals surface area contributed by atoms with E-state index >= 15 is 0 Å². The monoisotopic (exact) mass is 439 g/mol. The van der Waals surface area contributed by atoms with Gasteiger partial charge in [-0.25, -0.2) is 17.9 Å². The van der Waals surface area contributed by atoms with Crippen LogP contribution in [0, 0.1) is 0 Å². The van der Waals surface area contributed by atoms with Gasteiger partial charge in [-0.05, 0) is 48.5 Å². The molecule has 0 amide bonds. The molecule has 158 valence electrons. The molecule has 0 radical (unpaired) electrons. The van der Waals surface area contributed by atoms with Gasteiger partial charge in [0.25, 0.3) is 0 Å². The predicted octanol–water partition coefficient (Wildman–Crippen LogP) is 3.54. The van der Waals surface area contributed by atoms with E-state index in [0.29, 0.717) is 11.3 Å². The molecular weight excluding hydrogens is 422 g/mol. The van der Waals surface area contributed by atoms with Crippen molar-refractivity contribution in [1.29, 1.82) is 0 Å². The van der Waals surface area contributed by atoms with Crippen LogP contribution in [0.1, 0.15) is 26.7 Å². The summed E-state index contributed by atoms with van der Waals surface area (Å²) >= 11 is 0. The number of carbonyl (C=O) groups is 2. The van der Waals surface area contributed by atoms with Crippen molar-refractivity contribution >= 4 is 32.7 Å². The van der Waals surface area contributed by atoms with E-state index in [0.717, 1.165) is 5.39 Å². The zero-order valence-corrected chi connectivity index (χ0v) is 16.9. The molecule has 4 rings (SSSR count). The SMILES string of the molecule is O=C(OCC(=O)c1cc2ccccc2o1)c1ccc(S(=O)(=O)NCc2ccco2)cc1. The second-order valence-corrected chi connectivity index (χ2v) is 8.34. The number of hydrogen-bond acceptors (Lipinski definition) is 7. The highest BCUT2D eigenvalue weighted by atomic mass is 32.2. The lowest BCUT2D eigenvalue weighted by molar-refractivity contribution is 0.0468. The standard InChI is InChI=1S/C22H17NO7S/c24-19(21-12-16-4-1-2-6-20(16)30-21)14-29-22(25)15-7-9-18(10-8-15)31(26,27)23-13-17-5-3-11-28-17/h1-12,23H,13-14H2. The van der Waals surface area contributed by atoms with Gasteiger partial charge in [-0.15, -0.1) is 0 Å². The molecule has 2 aromatic carbocycles. The minimum absolute atomic E-state index is 0.00300. The molecule has 2 heterocycles. The van der Waals surface area contributed by atoms with Crippen molar-refractivity contribution in [2.75, 3.05) is 6.61 Å². The average Bonchev–Trinajstić information content (AvgIpc) is 3.45. The summed E-state index contributed by atoms with van der Waals surface area (Å²) in [4.78, 5) is 24.4. The maximum absolute atomic E-state index is 12.3. The largest absolute Gasteiger partial charge is 0.468 e. The van der Waals surface area contributed by atoms with Crippen molar-refractivity contribution in [3.63, 3.8) is 0 Å². The number of benzene rings is 2. The third-order valence-corrected chi connectivity index (χ3v) is 5.87. The molecule has 9 heteroatoms. The number of nitrogens with one attached hydrogen (secondary N) is 1. The van der Waals surface area contributed by atoms with Crippen LogP contribution in [0.25, 0.3) is 11.0 Å². The van der Waals surface area contributed by atoms with Crippen molar-refractivity contribution in [2.45, 2.75) is 11.4 Å². The summed E-state index contributed by atoms with van der Waals surface area (Å²) < 4.78 is 42.6. The molecule has 8 nitrogen and oxygen atoms in total. The van der Waals surface area contributed by atoms with Gasteiger partial charge in [-0.2, -0.15) is 0 Å². The Morgan fingerprint density at radius 3 is 2.45 bits per heavy atom. The zero-order chi connectivity index (χ0) is 21.8. The lowest BCUT2D eigenvalue weighted by Crippen LogP contribution is -2.23. The lowest BCUT2D eigenvalue weighted by Gasteiger charge is -2.07. The van der Waals surface area contributed by atoms with E-state index in [1.807, 2.05) is 6.07 Å². The fourth-order valence-electron chi connectivity index (χ4n) is 2.84. The quantitative estimate of drug-likeness (QED) is 0.330. The number of rotatable bonds is 8. The molecule has 4 aromatic rings. The van der Waals surface area contributed by atoms with Crippen LogP contribution in [0.5, 0.6) is 0 Å². The molecule has 2 aromatic heterocycles. The Labute approximate surface area is 177 Å². The molecule has 0 unspecified atom stereocenters. The van der Waals surface area contributed by atoms with Crippen LogP contribution < -0.4 is 4.72 Å². The van der Waals surface area contributed by atoms with Crippen molar-refractivity contribution in [3.8, 4) is 0 Å². The first-order chi connectivity index (χ1) is 14.9. The van der Waals surface area contributed by atoms with Crippen LogP contribution in [-0.2, 0) is 21.3 Å². The zero-order valence-electron chi connectivity index (χ0n) is 16.1. The number of para-hydroxylation sites is 1. The van der Waals surface area contributed by atoms with E-state index in [4.69, 9.17) is 13.6 Å². The number of hydrogen-bond donors (Lipinski definition) is 1. The Balaban J connectivity index is 1.36. The first-order valence-corrected chi connectivity index (χ1v) is 10.7. The number of sulfonamides is 1. The summed E-state index contributed by atoms with van der Waals surface area (Å²) in [6, 6.07) is 17.2. The highest BCUT2D eigenvalue weighted by Gasteiger charge is 2.18. The smallest absolute Gasteiger partial charge is 0.338 e. The minimum Gasteiger partial charge on any atom is -0.468 e. The van der Waals surface area contributed by atoms with Crippen LogP contribution >= 0.6 is 0 Å². The fourth-order valence-corrected chi connectivity index (χ4v) is 3.83. The van der Waals surface area contributed by atoms with E-state index in [2.05, 4.69) is 4.72 Å². The Hall–Kier alpha value is -3.69. The average molecular weight is 439 g/mol. The molecular formula is C22H17NO7S. The third-order valence-electron chi connectivity index (χ3n) is 4.45. The molecule has 0 saturated heterocycles. The van der Waals surface area contributed by atoms with Crippen molar-refractivity contribution in [3.05, 3.63) is 90.1 Å². The Bertz CT molecular complexity index is 1290. The van der Waals surface area contributed by atoms with E-state index < -0.39 is 28.4 Å². The second kappa shape index (κ2) is 8.58. The summed E-state index contributed by atoms with van der Waals surface area (Å²) in [6.45, 7) is -0.494. The molecule has 0 aliphatic rings. The second-order valence-electron chi connectivity index (χ2n) is 6.58. The third kappa shape index (κ3) is 4.73. The molecule has 0 bridgehead atoms. The maximum atomic E-state index is 12.3. The Morgan fingerprint density at radius 1 is 0.968 bits per heavy atom. The number of esters is 1. The van der Waals surface area contributed by atoms with Gasteiger partial charge in [0, 0.05) is 5.39 Å². The topological polar surface area (TPSA) is 116 Å². The minimum atomic E-state index is -3.78. The molecule has 1 N–H and O–H groups in total. The van der Waals surface area contributed by atoms with Crippen LogP contribution in [-0.4, -0.2) is 26.8 Å². The van der Waals surface area contributed by atoms with Gasteiger partial charge in [-0.1, -0.05) is 18.2 Å². The molecule has 31 heavy (non-hydrogen) atoms. The summed E-state index contributed by atoms with van der Waals surface area (Å²) in [5.74, 6) is -0.668. The van der Waals surface area contributed by atoms with E-state index in [1.54, 1.807) is 36.4 Å². The van der Waals surface area contributed by atoms with E-state index in [-0.39, 0.29) is 22.8 Å². The lowest BCUT2D eigenvalue weighted by atomic mass is 10.2. The van der Waals surface area contributed by atoms with Gasteiger partial charge in [0.15, 0.2) is 12.4 Å². The normalized spacial score (nSPS) is 11.5. The van der Waals surface area contributed by atoms with Gasteiger partial charge < -0.3 is 13.6 Å². The number of ether oxygens (including phenoxy) is 1. The Kier molecular flexibility index (Phi) is 5.70. The summed E-state index contributed by atoms with van der Waals surface area (Å²) in [5, 5.41) is 0.773. The van der Waals surface area contributed by atoms with Crippen LogP contribution in [0.15, 0.2) is 86.7 Å². The number of fused-ring (bicyclic) bond motifs is 1. The summed E-state index contributed by atoms with van der Waals surface area (Å²) in [6.07, 6.45) is 1.45.